The van der Waals surface area contributed by atoms with Gasteiger partial charge in [-0.2, -0.15) is 0 Å². The topological polar surface area (TPSA) is 0 Å². The van der Waals surface area contributed by atoms with Crippen molar-refractivity contribution >= 4 is 11.6 Å². The molecule has 1 aliphatic rings. The van der Waals surface area contributed by atoms with Crippen LogP contribution in [0.5, 0.6) is 0 Å². The molecule has 1 saturated carbocycles. The van der Waals surface area contributed by atoms with Crippen molar-refractivity contribution in [1.29, 1.82) is 0 Å². The van der Waals surface area contributed by atoms with E-state index in [-0.39, 0.29) is 10.8 Å². The Labute approximate surface area is 216 Å². The summed E-state index contributed by atoms with van der Waals surface area (Å²) in [6.45, 7) is 2.28. The third-order valence-corrected chi connectivity index (χ3v) is 8.22. The Kier molecular flexibility index (Phi) is 9.83. The molecule has 3 aromatic carbocycles. The highest BCUT2D eigenvalue weighted by molar-refractivity contribution is 6.30. The van der Waals surface area contributed by atoms with E-state index < -0.39 is 0 Å². The van der Waals surface area contributed by atoms with Crippen LogP contribution < -0.4 is 0 Å². The van der Waals surface area contributed by atoms with Gasteiger partial charge in [0, 0.05) is 0 Å². The number of hydrogen-bond acceptors (Lipinski definition) is 0. The molecule has 0 atom stereocenters. The molecular formula is C33H40ClF. The largest absolute Gasteiger partial charge is 0.205 e. The third kappa shape index (κ3) is 7.68. The number of halogens is 2. The highest BCUT2D eigenvalue weighted by Crippen LogP contribution is 2.37. The molecule has 0 bridgehead atoms. The molecule has 1 aliphatic carbocycles. The Morgan fingerprint density at radius 2 is 1.34 bits per heavy atom. The Hall–Kier alpha value is -2.12. The van der Waals surface area contributed by atoms with Crippen LogP contribution in [0.25, 0.3) is 11.1 Å². The molecule has 0 saturated heterocycles. The summed E-state index contributed by atoms with van der Waals surface area (Å²) in [5.41, 5.74) is 6.33. The summed E-state index contributed by atoms with van der Waals surface area (Å²) >= 11 is 5.81. The van der Waals surface area contributed by atoms with Crippen molar-refractivity contribution in [3.63, 3.8) is 0 Å². The van der Waals surface area contributed by atoms with Crippen molar-refractivity contribution < 1.29 is 4.39 Å². The average Bonchev–Trinajstić information content (AvgIpc) is 2.90. The molecule has 35 heavy (non-hydrogen) atoms. The van der Waals surface area contributed by atoms with Crippen LogP contribution in [0.1, 0.15) is 93.7 Å². The van der Waals surface area contributed by atoms with Crippen molar-refractivity contribution in [1.82, 2.24) is 0 Å². The van der Waals surface area contributed by atoms with Crippen molar-refractivity contribution in [3.05, 3.63) is 94.3 Å². The van der Waals surface area contributed by atoms with Gasteiger partial charge in [-0.1, -0.05) is 98.8 Å². The van der Waals surface area contributed by atoms with Gasteiger partial charge >= 0.3 is 0 Å². The first-order valence-corrected chi connectivity index (χ1v) is 14.1. The number of aryl methyl sites for hydroxylation is 2. The summed E-state index contributed by atoms with van der Waals surface area (Å²) < 4.78 is 13.8. The molecule has 0 radical (unpaired) electrons. The van der Waals surface area contributed by atoms with E-state index in [1.165, 1.54) is 87.8 Å². The normalized spacial score (nSPS) is 18.0. The summed E-state index contributed by atoms with van der Waals surface area (Å²) in [5.74, 6) is 1.21. The van der Waals surface area contributed by atoms with E-state index in [2.05, 4.69) is 55.5 Å². The lowest BCUT2D eigenvalue weighted by atomic mass is 9.76. The minimum absolute atomic E-state index is 0.172. The number of rotatable bonds is 11. The first kappa shape index (κ1) is 26.0. The van der Waals surface area contributed by atoms with Gasteiger partial charge in [-0.3, -0.25) is 0 Å². The number of hydrogen-bond donors (Lipinski definition) is 0. The van der Waals surface area contributed by atoms with Crippen LogP contribution in [0.15, 0.2) is 66.7 Å². The maximum atomic E-state index is 13.8. The van der Waals surface area contributed by atoms with Gasteiger partial charge in [0.1, 0.15) is 5.82 Å². The summed E-state index contributed by atoms with van der Waals surface area (Å²) in [4.78, 5) is 0. The zero-order valence-corrected chi connectivity index (χ0v) is 22.0. The van der Waals surface area contributed by atoms with Crippen molar-refractivity contribution in [3.8, 4) is 11.1 Å². The predicted octanol–water partition coefficient (Wildman–Crippen LogP) is 10.6. The first-order valence-electron chi connectivity index (χ1n) is 13.8. The minimum Gasteiger partial charge on any atom is -0.205 e. The fourth-order valence-corrected chi connectivity index (χ4v) is 5.70. The molecule has 3 aromatic rings. The fraction of sp³-hybridized carbons (Fsp3) is 0.455. The minimum atomic E-state index is -0.363. The molecule has 4 rings (SSSR count). The second-order valence-electron chi connectivity index (χ2n) is 10.5. The molecule has 0 nitrogen and oxygen atoms in total. The van der Waals surface area contributed by atoms with Gasteiger partial charge in [-0.05, 0) is 103 Å². The van der Waals surface area contributed by atoms with Gasteiger partial charge in [0.2, 0.25) is 0 Å². The van der Waals surface area contributed by atoms with Crippen LogP contribution in [0.4, 0.5) is 4.39 Å². The first-order chi connectivity index (χ1) is 17.1. The van der Waals surface area contributed by atoms with Gasteiger partial charge in [0.25, 0.3) is 0 Å². The molecule has 0 aromatic heterocycles. The molecule has 0 unspecified atom stereocenters. The van der Waals surface area contributed by atoms with Crippen LogP contribution in [0.2, 0.25) is 5.02 Å². The molecule has 186 valence electrons. The van der Waals surface area contributed by atoms with Crippen LogP contribution in [-0.2, 0) is 12.8 Å². The SMILES string of the molecule is CCCCCCCc1ccc(C2CCC(CCc3ccc(-c4ccc(Cl)c(F)c4)cc3)CC2)cc1. The Balaban J connectivity index is 1.19. The molecule has 0 spiro atoms. The summed E-state index contributed by atoms with van der Waals surface area (Å²) in [7, 11) is 0. The standard InChI is InChI=1S/C33H40ClF/c1-2-3-4-5-6-7-25-10-16-28(17-11-25)29-18-12-26(13-19-29)8-9-27-14-20-30(21-15-27)31-22-23-32(34)33(35)24-31/h10-11,14-17,20-24,26,29H,2-9,12-13,18-19H2,1H3. The highest BCUT2D eigenvalue weighted by atomic mass is 35.5. The zero-order chi connectivity index (χ0) is 24.5. The Morgan fingerprint density at radius 3 is 2.03 bits per heavy atom. The number of unbranched alkanes of at least 4 members (excludes halogenated alkanes) is 4. The third-order valence-electron chi connectivity index (χ3n) is 7.92. The predicted molar refractivity (Wildman–Crippen MR) is 149 cm³/mol. The maximum Gasteiger partial charge on any atom is 0.142 e. The summed E-state index contributed by atoms with van der Waals surface area (Å²) in [6, 6.07) is 23.2. The second-order valence-corrected chi connectivity index (χ2v) is 10.9. The van der Waals surface area contributed by atoms with Crippen LogP contribution in [0, 0.1) is 11.7 Å². The maximum absolute atomic E-state index is 13.8. The average molecular weight is 491 g/mol. The van der Waals surface area contributed by atoms with Crippen LogP contribution in [-0.4, -0.2) is 0 Å². The van der Waals surface area contributed by atoms with E-state index in [0.29, 0.717) is 0 Å². The molecule has 1 fully saturated rings. The van der Waals surface area contributed by atoms with Gasteiger partial charge in [0.05, 0.1) is 5.02 Å². The van der Waals surface area contributed by atoms with Crippen molar-refractivity contribution in [2.45, 2.75) is 89.9 Å². The fourth-order valence-electron chi connectivity index (χ4n) is 5.58. The molecule has 0 N–H and O–H groups in total. The lowest BCUT2D eigenvalue weighted by molar-refractivity contribution is 0.310. The molecule has 2 heteroatoms. The van der Waals surface area contributed by atoms with Gasteiger partial charge in [-0.25, -0.2) is 4.39 Å². The smallest absolute Gasteiger partial charge is 0.142 e. The van der Waals surface area contributed by atoms with Gasteiger partial charge < -0.3 is 0 Å². The van der Waals surface area contributed by atoms with Crippen molar-refractivity contribution in [2.24, 2.45) is 5.92 Å². The highest BCUT2D eigenvalue weighted by Gasteiger charge is 2.22. The van der Waals surface area contributed by atoms with Crippen LogP contribution in [0.3, 0.4) is 0 Å². The number of benzene rings is 3. The van der Waals surface area contributed by atoms with E-state index in [0.717, 1.165) is 29.4 Å². The Bertz CT molecular complexity index is 1030. The quantitative estimate of drug-likeness (QED) is 0.234. The summed E-state index contributed by atoms with van der Waals surface area (Å²) in [6.07, 6.45) is 15.7. The van der Waals surface area contributed by atoms with Crippen LogP contribution >= 0.6 is 11.6 Å². The summed E-state index contributed by atoms with van der Waals surface area (Å²) in [5, 5.41) is 0.172. The zero-order valence-electron chi connectivity index (χ0n) is 21.2. The van der Waals surface area contributed by atoms with Gasteiger partial charge in [0.15, 0.2) is 0 Å². The van der Waals surface area contributed by atoms with E-state index in [1.807, 2.05) is 6.07 Å². The van der Waals surface area contributed by atoms with Crippen molar-refractivity contribution in [2.75, 3.05) is 0 Å². The monoisotopic (exact) mass is 490 g/mol. The lowest BCUT2D eigenvalue weighted by Crippen LogP contribution is -2.14. The molecular weight excluding hydrogens is 451 g/mol. The van der Waals surface area contributed by atoms with E-state index in [4.69, 9.17) is 11.6 Å². The second kappa shape index (κ2) is 13.3. The Morgan fingerprint density at radius 1 is 0.714 bits per heavy atom. The lowest BCUT2D eigenvalue weighted by Gasteiger charge is -2.29. The van der Waals surface area contributed by atoms with E-state index >= 15 is 0 Å². The molecule has 0 aliphatic heterocycles. The molecule has 0 amide bonds. The van der Waals surface area contributed by atoms with Gasteiger partial charge in [-0.15, -0.1) is 0 Å². The van der Waals surface area contributed by atoms with E-state index in [1.54, 1.807) is 11.6 Å². The van der Waals surface area contributed by atoms with E-state index in [9.17, 15) is 4.39 Å². The molecule has 0 heterocycles.